The van der Waals surface area contributed by atoms with Crippen LogP contribution in [0.15, 0.2) is 0 Å². The van der Waals surface area contributed by atoms with Gasteiger partial charge in [0.25, 0.3) is 0 Å². The number of aliphatic hydroxyl groups excluding tert-OH is 5. The topological polar surface area (TPSA) is 121 Å². The van der Waals surface area contributed by atoms with E-state index in [1.165, 1.54) is 6.92 Å². The minimum Gasteiger partial charge on any atom is -0.396 e. The molecular weight excluding hydrogens is 228 g/mol. The number of hydrogen-bond acceptors (Lipinski definition) is 6. The van der Waals surface area contributed by atoms with E-state index in [0.717, 1.165) is 0 Å². The van der Waals surface area contributed by atoms with Gasteiger partial charge in [0.15, 0.2) is 0 Å². The average Bonchev–Trinajstić information content (AvgIpc) is 2.33. The predicted molar refractivity (Wildman–Crippen MR) is 61.2 cm³/mol. The van der Waals surface area contributed by atoms with Crippen LogP contribution < -0.4 is 0 Å². The summed E-state index contributed by atoms with van der Waals surface area (Å²) in [5.41, 5.74) is -1.88. The monoisotopic (exact) mass is 252 g/mol. The van der Waals surface area contributed by atoms with Crippen LogP contribution in [0.4, 0.5) is 0 Å². The van der Waals surface area contributed by atoms with Crippen molar-refractivity contribution in [1.29, 1.82) is 0 Å². The van der Waals surface area contributed by atoms with Gasteiger partial charge in [0.05, 0.1) is 12.2 Å². The first-order chi connectivity index (χ1) is 7.94. The molecule has 0 aromatic heterocycles. The predicted octanol–water partition coefficient (Wildman–Crippen LogP) is -1.78. The zero-order chi connectivity index (χ0) is 13.5. The molecule has 0 rings (SSSR count). The minimum atomic E-state index is -1.88. The summed E-state index contributed by atoms with van der Waals surface area (Å²) < 4.78 is 0. The summed E-state index contributed by atoms with van der Waals surface area (Å²) in [6.07, 6.45) is -2.29. The maximum atomic E-state index is 10.3. The second-order valence-corrected chi connectivity index (χ2v) is 4.38. The highest BCUT2D eigenvalue weighted by molar-refractivity contribution is 4.96. The van der Waals surface area contributed by atoms with Crippen LogP contribution in [0, 0.1) is 5.92 Å². The third kappa shape index (κ3) is 4.17. The van der Waals surface area contributed by atoms with Gasteiger partial charge in [-0.25, -0.2) is 0 Å². The highest BCUT2D eigenvalue weighted by atomic mass is 16.4. The molecule has 0 fully saturated rings. The highest BCUT2D eigenvalue weighted by Crippen LogP contribution is 2.29. The van der Waals surface area contributed by atoms with E-state index in [1.807, 2.05) is 0 Å². The van der Waals surface area contributed by atoms with Crippen molar-refractivity contribution < 1.29 is 30.6 Å². The van der Waals surface area contributed by atoms with E-state index in [0.29, 0.717) is 0 Å². The molecular formula is C11H24O6. The number of rotatable bonds is 9. The van der Waals surface area contributed by atoms with Crippen LogP contribution in [-0.2, 0) is 0 Å². The number of hydrogen-bond donors (Lipinski definition) is 6. The first-order valence-electron chi connectivity index (χ1n) is 5.86. The van der Waals surface area contributed by atoms with E-state index in [2.05, 4.69) is 0 Å². The van der Waals surface area contributed by atoms with Crippen molar-refractivity contribution in [1.82, 2.24) is 0 Å². The standard InChI is InChI=1S/C11H24O6/c1-8(7-14)11(17,10(16)4-6-13)9(15)3-2-5-12/h8-10,12-17H,2-7H2,1H3. The molecule has 4 atom stereocenters. The van der Waals surface area contributed by atoms with Crippen LogP contribution in [0.2, 0.25) is 0 Å². The molecule has 0 radical (unpaired) electrons. The normalized spacial score (nSPS) is 20.6. The molecule has 0 aliphatic rings. The van der Waals surface area contributed by atoms with Gasteiger partial charge in [0.1, 0.15) is 5.60 Å². The molecule has 0 spiro atoms. The van der Waals surface area contributed by atoms with Crippen molar-refractivity contribution in [2.24, 2.45) is 5.92 Å². The Hall–Kier alpha value is -0.240. The van der Waals surface area contributed by atoms with E-state index in [4.69, 9.17) is 15.3 Å². The van der Waals surface area contributed by atoms with Gasteiger partial charge in [-0.15, -0.1) is 0 Å². The van der Waals surface area contributed by atoms with Crippen molar-refractivity contribution in [2.75, 3.05) is 19.8 Å². The number of aliphatic hydroxyl groups is 6. The summed E-state index contributed by atoms with van der Waals surface area (Å²) in [6, 6.07) is 0. The lowest BCUT2D eigenvalue weighted by molar-refractivity contribution is -0.187. The third-order valence-electron chi connectivity index (χ3n) is 3.17. The van der Waals surface area contributed by atoms with Gasteiger partial charge in [-0.3, -0.25) is 0 Å². The summed E-state index contributed by atoms with van der Waals surface area (Å²) in [7, 11) is 0. The molecule has 0 saturated heterocycles. The van der Waals surface area contributed by atoms with Crippen molar-refractivity contribution in [3.63, 3.8) is 0 Å². The lowest BCUT2D eigenvalue weighted by atomic mass is 9.77. The second kappa shape index (κ2) is 7.97. The summed E-state index contributed by atoms with van der Waals surface area (Å²) in [6.45, 7) is 0.656. The Bertz CT molecular complexity index is 200. The molecule has 104 valence electrons. The van der Waals surface area contributed by atoms with Crippen molar-refractivity contribution in [3.8, 4) is 0 Å². The third-order valence-corrected chi connectivity index (χ3v) is 3.17. The Morgan fingerprint density at radius 3 is 1.88 bits per heavy atom. The Morgan fingerprint density at radius 1 is 0.941 bits per heavy atom. The van der Waals surface area contributed by atoms with E-state index in [9.17, 15) is 15.3 Å². The summed E-state index contributed by atoms with van der Waals surface area (Å²) >= 11 is 0. The van der Waals surface area contributed by atoms with Crippen molar-refractivity contribution in [3.05, 3.63) is 0 Å². The summed E-state index contributed by atoms with van der Waals surface area (Å²) in [5, 5.41) is 56.5. The molecule has 0 aromatic carbocycles. The van der Waals surface area contributed by atoms with Gasteiger partial charge in [0, 0.05) is 25.7 Å². The van der Waals surface area contributed by atoms with Crippen molar-refractivity contribution >= 4 is 0 Å². The molecule has 0 heterocycles. The second-order valence-electron chi connectivity index (χ2n) is 4.38. The minimum absolute atomic E-state index is 0.0863. The van der Waals surface area contributed by atoms with Gasteiger partial charge in [-0.1, -0.05) is 6.92 Å². The van der Waals surface area contributed by atoms with Crippen molar-refractivity contribution in [2.45, 2.75) is 44.0 Å². The molecule has 0 bridgehead atoms. The lowest BCUT2D eigenvalue weighted by Crippen LogP contribution is -2.58. The highest BCUT2D eigenvalue weighted by Gasteiger charge is 2.46. The lowest BCUT2D eigenvalue weighted by Gasteiger charge is -2.41. The van der Waals surface area contributed by atoms with Crippen LogP contribution in [0.5, 0.6) is 0 Å². The van der Waals surface area contributed by atoms with Crippen LogP contribution >= 0.6 is 0 Å². The molecule has 6 heteroatoms. The first-order valence-corrected chi connectivity index (χ1v) is 5.86. The maximum absolute atomic E-state index is 10.3. The molecule has 0 aliphatic heterocycles. The fourth-order valence-electron chi connectivity index (χ4n) is 1.89. The molecule has 0 aromatic rings. The van der Waals surface area contributed by atoms with Crippen LogP contribution in [-0.4, -0.2) is 68.3 Å². The van der Waals surface area contributed by atoms with Gasteiger partial charge in [-0.05, 0) is 19.3 Å². The first kappa shape index (κ1) is 16.8. The van der Waals surface area contributed by atoms with Gasteiger partial charge >= 0.3 is 0 Å². The maximum Gasteiger partial charge on any atom is 0.121 e. The van der Waals surface area contributed by atoms with Gasteiger partial charge in [0.2, 0.25) is 0 Å². The largest absolute Gasteiger partial charge is 0.396 e. The molecule has 0 amide bonds. The Labute approximate surface area is 101 Å². The summed E-state index contributed by atoms with van der Waals surface area (Å²) in [5.74, 6) is -0.738. The zero-order valence-electron chi connectivity index (χ0n) is 10.2. The molecule has 0 saturated carbocycles. The molecule has 0 aliphatic carbocycles. The fraction of sp³-hybridized carbons (Fsp3) is 1.00. The van der Waals surface area contributed by atoms with Crippen LogP contribution in [0.25, 0.3) is 0 Å². The Morgan fingerprint density at radius 2 is 1.47 bits per heavy atom. The van der Waals surface area contributed by atoms with Crippen LogP contribution in [0.1, 0.15) is 26.2 Å². The van der Waals surface area contributed by atoms with Gasteiger partial charge in [-0.2, -0.15) is 0 Å². The van der Waals surface area contributed by atoms with E-state index in [-0.39, 0.29) is 32.5 Å². The SMILES string of the molecule is CC(CO)C(O)(C(O)CCO)C(O)CCCO. The van der Waals surface area contributed by atoms with Gasteiger partial charge < -0.3 is 30.6 Å². The zero-order valence-corrected chi connectivity index (χ0v) is 10.2. The van der Waals surface area contributed by atoms with E-state index in [1.54, 1.807) is 0 Å². The quantitative estimate of drug-likeness (QED) is 0.289. The molecule has 4 unspecified atom stereocenters. The molecule has 6 nitrogen and oxygen atoms in total. The molecule has 6 N–H and O–H groups in total. The van der Waals surface area contributed by atoms with E-state index >= 15 is 0 Å². The Kier molecular flexibility index (Phi) is 7.85. The summed E-state index contributed by atoms with van der Waals surface area (Å²) in [4.78, 5) is 0. The fourth-order valence-corrected chi connectivity index (χ4v) is 1.89. The van der Waals surface area contributed by atoms with Crippen LogP contribution in [0.3, 0.4) is 0 Å². The Balaban J connectivity index is 4.81. The van der Waals surface area contributed by atoms with E-state index < -0.39 is 30.3 Å². The molecule has 17 heavy (non-hydrogen) atoms. The smallest absolute Gasteiger partial charge is 0.121 e. The average molecular weight is 252 g/mol.